The van der Waals surface area contributed by atoms with Crippen molar-refractivity contribution >= 4 is 12.4 Å². The maximum Gasteiger partial charge on any atom is 0.123 e. The molecule has 94 valence electrons. The van der Waals surface area contributed by atoms with Crippen molar-refractivity contribution in [3.05, 3.63) is 29.3 Å². The lowest BCUT2D eigenvalue weighted by molar-refractivity contribution is 0.173. The van der Waals surface area contributed by atoms with E-state index in [1.165, 1.54) is 24.0 Å². The summed E-state index contributed by atoms with van der Waals surface area (Å²) >= 11 is 0. The Hall–Kier alpha value is -0.730. The van der Waals surface area contributed by atoms with Crippen LogP contribution >= 0.6 is 12.4 Å². The molecule has 2 heterocycles. The summed E-state index contributed by atoms with van der Waals surface area (Å²) in [5.41, 5.74) is 2.96. The van der Waals surface area contributed by atoms with E-state index < -0.39 is 0 Å². The number of methoxy groups -OCH3 is 1. The lowest BCUT2D eigenvalue weighted by Crippen LogP contribution is -2.27. The highest BCUT2D eigenvalue weighted by atomic mass is 35.5. The maximum absolute atomic E-state index is 5.51. The first-order chi connectivity index (χ1) is 7.74. The second-order valence-electron chi connectivity index (χ2n) is 5.11. The Bertz CT molecular complexity index is 419. The van der Waals surface area contributed by atoms with E-state index >= 15 is 0 Å². The van der Waals surface area contributed by atoms with Crippen LogP contribution in [0.1, 0.15) is 49.9 Å². The first kappa shape index (κ1) is 12.7. The molecule has 2 aliphatic heterocycles. The van der Waals surface area contributed by atoms with E-state index in [1.54, 1.807) is 7.11 Å². The van der Waals surface area contributed by atoms with Crippen LogP contribution in [-0.4, -0.2) is 18.1 Å². The molecule has 0 amide bonds. The van der Waals surface area contributed by atoms with Crippen molar-refractivity contribution in [2.24, 2.45) is 0 Å². The summed E-state index contributed by atoms with van der Waals surface area (Å²) in [6.45, 7) is 4.59. The predicted molar refractivity (Wildman–Crippen MR) is 71.9 cm³/mol. The fourth-order valence-corrected chi connectivity index (χ4v) is 3.55. The zero-order valence-corrected chi connectivity index (χ0v) is 11.5. The predicted octanol–water partition coefficient (Wildman–Crippen LogP) is 3.72. The monoisotopic (exact) mass is 253 g/mol. The third-order valence-corrected chi connectivity index (χ3v) is 4.04. The Kier molecular flexibility index (Phi) is 3.37. The van der Waals surface area contributed by atoms with E-state index in [9.17, 15) is 0 Å². The molecule has 3 heteroatoms. The Morgan fingerprint density at radius 2 is 1.94 bits per heavy atom. The number of nitrogens with zero attached hydrogens (tertiary/aromatic N) is 1. The first-order valence-corrected chi connectivity index (χ1v) is 6.18. The highest BCUT2D eigenvalue weighted by Crippen LogP contribution is 2.56. The highest BCUT2D eigenvalue weighted by Gasteiger charge is 2.46. The van der Waals surface area contributed by atoms with Gasteiger partial charge in [0.2, 0.25) is 0 Å². The molecular weight excluding hydrogens is 234 g/mol. The molecule has 17 heavy (non-hydrogen) atoms. The molecule has 1 fully saturated rings. The SMILES string of the molecule is COc1cccc2c1C1CCC2N1C(C)C.Cl. The first-order valence-electron chi connectivity index (χ1n) is 6.18. The Morgan fingerprint density at radius 1 is 1.24 bits per heavy atom. The van der Waals surface area contributed by atoms with Crippen LogP contribution in [0.2, 0.25) is 0 Å². The van der Waals surface area contributed by atoms with Crippen molar-refractivity contribution in [1.29, 1.82) is 0 Å². The molecule has 0 N–H and O–H groups in total. The molecule has 0 saturated carbocycles. The molecule has 2 nitrogen and oxygen atoms in total. The largest absolute Gasteiger partial charge is 0.496 e. The number of hydrogen-bond donors (Lipinski definition) is 0. The average Bonchev–Trinajstić information content (AvgIpc) is 2.84. The van der Waals surface area contributed by atoms with Crippen LogP contribution in [0.25, 0.3) is 0 Å². The Labute approximate surface area is 109 Å². The fourth-order valence-electron chi connectivity index (χ4n) is 3.55. The molecule has 2 aliphatic rings. The van der Waals surface area contributed by atoms with Crippen LogP contribution in [-0.2, 0) is 0 Å². The number of halogens is 1. The molecule has 1 aromatic carbocycles. The van der Waals surface area contributed by atoms with Crippen molar-refractivity contribution < 1.29 is 4.74 Å². The van der Waals surface area contributed by atoms with Crippen molar-refractivity contribution in [3.63, 3.8) is 0 Å². The second-order valence-corrected chi connectivity index (χ2v) is 5.11. The quantitative estimate of drug-likeness (QED) is 0.797. The minimum absolute atomic E-state index is 0. The molecular formula is C14H20ClNO. The van der Waals surface area contributed by atoms with Crippen LogP contribution in [0.5, 0.6) is 5.75 Å². The molecule has 0 aromatic heterocycles. The van der Waals surface area contributed by atoms with Gasteiger partial charge in [0.15, 0.2) is 0 Å². The van der Waals surface area contributed by atoms with Crippen LogP contribution in [0.4, 0.5) is 0 Å². The average molecular weight is 254 g/mol. The fraction of sp³-hybridized carbons (Fsp3) is 0.571. The van der Waals surface area contributed by atoms with Gasteiger partial charge >= 0.3 is 0 Å². The molecule has 1 saturated heterocycles. The summed E-state index contributed by atoms with van der Waals surface area (Å²) in [4.78, 5) is 2.65. The minimum atomic E-state index is 0. The molecule has 2 bridgehead atoms. The van der Waals surface area contributed by atoms with E-state index in [-0.39, 0.29) is 12.4 Å². The van der Waals surface area contributed by atoms with Gasteiger partial charge in [-0.3, -0.25) is 4.90 Å². The molecule has 0 radical (unpaired) electrons. The maximum atomic E-state index is 5.51. The van der Waals surface area contributed by atoms with Crippen LogP contribution < -0.4 is 4.74 Å². The third kappa shape index (κ3) is 1.66. The normalized spacial score (nSPS) is 25.9. The molecule has 0 aliphatic carbocycles. The zero-order chi connectivity index (χ0) is 11.3. The van der Waals surface area contributed by atoms with Gasteiger partial charge in [0, 0.05) is 23.7 Å². The van der Waals surface area contributed by atoms with Gasteiger partial charge in [0.1, 0.15) is 5.75 Å². The van der Waals surface area contributed by atoms with E-state index in [0.717, 1.165) is 5.75 Å². The highest BCUT2D eigenvalue weighted by molar-refractivity contribution is 5.85. The van der Waals surface area contributed by atoms with Crippen molar-refractivity contribution in [1.82, 2.24) is 4.90 Å². The van der Waals surface area contributed by atoms with Gasteiger partial charge in [-0.15, -0.1) is 12.4 Å². The molecule has 1 aromatic rings. The van der Waals surface area contributed by atoms with Gasteiger partial charge in [-0.25, -0.2) is 0 Å². The van der Waals surface area contributed by atoms with E-state index in [4.69, 9.17) is 4.74 Å². The molecule has 2 atom stereocenters. The lowest BCUT2D eigenvalue weighted by Gasteiger charge is -2.26. The van der Waals surface area contributed by atoms with Crippen molar-refractivity contribution in [2.45, 2.75) is 44.8 Å². The van der Waals surface area contributed by atoms with Crippen molar-refractivity contribution in [3.8, 4) is 5.75 Å². The van der Waals surface area contributed by atoms with Gasteiger partial charge in [-0.2, -0.15) is 0 Å². The lowest BCUT2D eigenvalue weighted by atomic mass is 9.91. The Morgan fingerprint density at radius 3 is 2.59 bits per heavy atom. The van der Waals surface area contributed by atoms with Gasteiger partial charge < -0.3 is 4.74 Å². The number of benzene rings is 1. The summed E-state index contributed by atoms with van der Waals surface area (Å²) in [6, 6.07) is 8.34. The molecule has 2 unspecified atom stereocenters. The Balaban J connectivity index is 0.00000108. The topological polar surface area (TPSA) is 12.5 Å². The van der Waals surface area contributed by atoms with Crippen molar-refractivity contribution in [2.75, 3.05) is 7.11 Å². The summed E-state index contributed by atoms with van der Waals surface area (Å²) < 4.78 is 5.51. The minimum Gasteiger partial charge on any atom is -0.496 e. The standard InChI is InChI=1S/C14H19NO.ClH/c1-9(2)15-11-7-8-12(15)14-10(11)5-4-6-13(14)16-3;/h4-6,9,11-12H,7-8H2,1-3H3;1H. The van der Waals surface area contributed by atoms with E-state index in [0.29, 0.717) is 18.1 Å². The zero-order valence-electron chi connectivity index (χ0n) is 10.6. The van der Waals surface area contributed by atoms with Crippen LogP contribution in [0.15, 0.2) is 18.2 Å². The smallest absolute Gasteiger partial charge is 0.123 e. The molecule has 3 rings (SSSR count). The number of ether oxygens (including phenoxy) is 1. The number of fused-ring (bicyclic) bond motifs is 5. The second kappa shape index (κ2) is 4.51. The van der Waals surface area contributed by atoms with E-state index in [2.05, 4.69) is 36.9 Å². The summed E-state index contributed by atoms with van der Waals surface area (Å²) in [6.07, 6.45) is 2.60. The number of hydrogen-bond acceptors (Lipinski definition) is 2. The van der Waals surface area contributed by atoms with Gasteiger partial charge in [0.25, 0.3) is 0 Å². The van der Waals surface area contributed by atoms with Gasteiger partial charge in [-0.1, -0.05) is 12.1 Å². The van der Waals surface area contributed by atoms with Crippen LogP contribution in [0, 0.1) is 0 Å². The van der Waals surface area contributed by atoms with E-state index in [1.807, 2.05) is 0 Å². The van der Waals surface area contributed by atoms with Gasteiger partial charge in [-0.05, 0) is 38.3 Å². The number of rotatable bonds is 2. The molecule has 0 spiro atoms. The van der Waals surface area contributed by atoms with Crippen LogP contribution in [0.3, 0.4) is 0 Å². The summed E-state index contributed by atoms with van der Waals surface area (Å²) in [7, 11) is 1.78. The third-order valence-electron chi connectivity index (χ3n) is 4.04. The summed E-state index contributed by atoms with van der Waals surface area (Å²) in [5, 5.41) is 0. The van der Waals surface area contributed by atoms with Gasteiger partial charge in [0.05, 0.1) is 7.11 Å². The summed E-state index contributed by atoms with van der Waals surface area (Å²) in [5.74, 6) is 1.08.